The van der Waals surface area contributed by atoms with Gasteiger partial charge in [0.2, 0.25) is 5.91 Å². The number of halogens is 1. The molecule has 2 N–H and O–H groups in total. The van der Waals surface area contributed by atoms with Crippen LogP contribution in [0.3, 0.4) is 0 Å². The highest BCUT2D eigenvalue weighted by atomic mass is 19.1. The van der Waals surface area contributed by atoms with Gasteiger partial charge in [-0.25, -0.2) is 4.39 Å². The summed E-state index contributed by atoms with van der Waals surface area (Å²) in [5.74, 6) is -1.81. The van der Waals surface area contributed by atoms with E-state index in [-0.39, 0.29) is 24.7 Å². The molecular weight excluding hydrogens is 355 g/mol. The molecule has 2 amide bonds. The van der Waals surface area contributed by atoms with Crippen LogP contribution in [0.15, 0.2) is 48.5 Å². The lowest BCUT2D eigenvalue weighted by Crippen LogP contribution is -2.21. The number of amides is 2. The number of ether oxygens (including phenoxy) is 2. The van der Waals surface area contributed by atoms with Gasteiger partial charge in [-0.1, -0.05) is 12.1 Å². The number of anilines is 2. The highest BCUT2D eigenvalue weighted by Gasteiger charge is 2.09. The number of benzene rings is 2. The van der Waals surface area contributed by atoms with Crippen LogP contribution in [-0.2, 0) is 19.1 Å². The second-order valence-electron chi connectivity index (χ2n) is 5.50. The molecule has 8 heteroatoms. The van der Waals surface area contributed by atoms with Gasteiger partial charge in [0, 0.05) is 18.3 Å². The molecular formula is C19H19FN2O5. The maximum atomic E-state index is 13.3. The molecule has 0 fully saturated rings. The summed E-state index contributed by atoms with van der Waals surface area (Å²) in [7, 11) is 0. The van der Waals surface area contributed by atoms with Gasteiger partial charge in [-0.05, 0) is 36.4 Å². The Morgan fingerprint density at radius 2 is 1.59 bits per heavy atom. The van der Waals surface area contributed by atoms with Gasteiger partial charge < -0.3 is 20.1 Å². The Morgan fingerprint density at radius 3 is 2.22 bits per heavy atom. The fourth-order valence-electron chi connectivity index (χ4n) is 2.06. The summed E-state index contributed by atoms with van der Waals surface area (Å²) >= 11 is 0. The van der Waals surface area contributed by atoms with Crippen LogP contribution in [0.25, 0.3) is 0 Å². The molecule has 27 heavy (non-hydrogen) atoms. The molecule has 0 aromatic heterocycles. The molecule has 2 aromatic rings. The molecule has 0 saturated carbocycles. The molecule has 0 atom stereocenters. The normalized spacial score (nSPS) is 10.0. The largest absolute Gasteiger partial charge is 0.490 e. The van der Waals surface area contributed by atoms with Crippen LogP contribution in [0.2, 0.25) is 0 Å². The summed E-state index contributed by atoms with van der Waals surface area (Å²) < 4.78 is 23.3. The standard InChI is InChI=1S/C19H19FN2O5/c1-13(23)21-14-6-8-15(9-7-14)22-18(24)12-27-19(25)10-11-26-17-5-3-2-4-16(17)20/h2-9H,10-12H2,1H3,(H,21,23)(H,22,24). The molecule has 2 rings (SSSR count). The Morgan fingerprint density at radius 1 is 0.963 bits per heavy atom. The van der Waals surface area contributed by atoms with Crippen LogP contribution in [0, 0.1) is 5.82 Å². The molecule has 0 aliphatic heterocycles. The van der Waals surface area contributed by atoms with Crippen LogP contribution in [-0.4, -0.2) is 31.0 Å². The highest BCUT2D eigenvalue weighted by molar-refractivity contribution is 5.93. The summed E-state index contributed by atoms with van der Waals surface area (Å²) in [6.45, 7) is 0.878. The van der Waals surface area contributed by atoms with Crippen LogP contribution >= 0.6 is 0 Å². The lowest BCUT2D eigenvalue weighted by atomic mass is 10.2. The van der Waals surface area contributed by atoms with Crippen molar-refractivity contribution in [3.8, 4) is 5.75 Å². The highest BCUT2D eigenvalue weighted by Crippen LogP contribution is 2.15. The third kappa shape index (κ3) is 7.15. The van der Waals surface area contributed by atoms with Crippen molar-refractivity contribution in [2.24, 2.45) is 0 Å². The smallest absolute Gasteiger partial charge is 0.309 e. The third-order valence-corrected chi connectivity index (χ3v) is 3.25. The van der Waals surface area contributed by atoms with E-state index in [0.717, 1.165) is 0 Å². The lowest BCUT2D eigenvalue weighted by molar-refractivity contribution is -0.147. The van der Waals surface area contributed by atoms with Gasteiger partial charge in [-0.3, -0.25) is 14.4 Å². The molecule has 0 saturated heterocycles. The Bertz CT molecular complexity index is 808. The van der Waals surface area contributed by atoms with E-state index >= 15 is 0 Å². The first kappa shape index (κ1) is 19.9. The lowest BCUT2D eigenvalue weighted by Gasteiger charge is -2.09. The third-order valence-electron chi connectivity index (χ3n) is 3.25. The van der Waals surface area contributed by atoms with Gasteiger partial charge in [0.05, 0.1) is 13.0 Å². The van der Waals surface area contributed by atoms with E-state index in [4.69, 9.17) is 9.47 Å². The van der Waals surface area contributed by atoms with E-state index in [1.54, 1.807) is 30.3 Å². The predicted octanol–water partition coefficient (Wildman–Crippen LogP) is 2.73. The van der Waals surface area contributed by atoms with Gasteiger partial charge in [-0.2, -0.15) is 0 Å². The van der Waals surface area contributed by atoms with Crippen LogP contribution in [0.5, 0.6) is 5.75 Å². The Labute approximate surface area is 155 Å². The molecule has 0 radical (unpaired) electrons. The van der Waals surface area contributed by atoms with Crippen molar-refractivity contribution in [1.29, 1.82) is 0 Å². The summed E-state index contributed by atoms with van der Waals surface area (Å²) in [5.41, 5.74) is 1.09. The average molecular weight is 374 g/mol. The Kier molecular flexibility index (Phi) is 7.30. The monoisotopic (exact) mass is 374 g/mol. The minimum atomic E-state index is -0.637. The summed E-state index contributed by atoms with van der Waals surface area (Å²) in [5, 5.41) is 5.16. The first-order valence-electron chi connectivity index (χ1n) is 8.14. The molecule has 142 valence electrons. The molecule has 0 unspecified atom stereocenters. The van der Waals surface area contributed by atoms with Gasteiger partial charge in [0.25, 0.3) is 5.91 Å². The number of para-hydroxylation sites is 1. The van der Waals surface area contributed by atoms with Crippen molar-refractivity contribution in [2.75, 3.05) is 23.8 Å². The predicted molar refractivity (Wildman–Crippen MR) is 96.8 cm³/mol. The second-order valence-corrected chi connectivity index (χ2v) is 5.50. The number of nitrogens with one attached hydrogen (secondary N) is 2. The number of carbonyl (C=O) groups excluding carboxylic acids is 3. The average Bonchev–Trinajstić information content (AvgIpc) is 2.63. The van der Waals surface area contributed by atoms with Crippen molar-refractivity contribution in [1.82, 2.24) is 0 Å². The molecule has 0 heterocycles. The van der Waals surface area contributed by atoms with E-state index in [1.165, 1.54) is 25.1 Å². The molecule has 0 spiro atoms. The molecule has 7 nitrogen and oxygen atoms in total. The van der Waals surface area contributed by atoms with E-state index in [9.17, 15) is 18.8 Å². The van der Waals surface area contributed by atoms with Crippen molar-refractivity contribution in [3.05, 3.63) is 54.3 Å². The molecule has 0 bridgehead atoms. The summed E-state index contributed by atoms with van der Waals surface area (Å²) in [4.78, 5) is 34.3. The van der Waals surface area contributed by atoms with Crippen LogP contribution in [0.1, 0.15) is 13.3 Å². The fourth-order valence-corrected chi connectivity index (χ4v) is 2.06. The minimum absolute atomic E-state index is 0.0470. The number of rotatable bonds is 8. The van der Waals surface area contributed by atoms with Gasteiger partial charge >= 0.3 is 5.97 Å². The minimum Gasteiger partial charge on any atom is -0.490 e. The first-order valence-corrected chi connectivity index (χ1v) is 8.14. The second kappa shape index (κ2) is 9.91. The molecule has 2 aromatic carbocycles. The molecule has 0 aliphatic rings. The van der Waals surface area contributed by atoms with Crippen molar-refractivity contribution in [3.63, 3.8) is 0 Å². The summed E-state index contributed by atoms with van der Waals surface area (Å²) in [6, 6.07) is 12.3. The Hall–Kier alpha value is -3.42. The summed E-state index contributed by atoms with van der Waals surface area (Å²) in [6.07, 6.45) is -0.118. The van der Waals surface area contributed by atoms with E-state index in [0.29, 0.717) is 11.4 Å². The fraction of sp³-hybridized carbons (Fsp3) is 0.211. The van der Waals surface area contributed by atoms with E-state index < -0.39 is 24.3 Å². The first-order chi connectivity index (χ1) is 12.9. The molecule has 0 aliphatic carbocycles. The van der Waals surface area contributed by atoms with Gasteiger partial charge in [0.1, 0.15) is 0 Å². The Balaban J connectivity index is 1.68. The quantitative estimate of drug-likeness (QED) is 0.693. The number of hydrogen-bond donors (Lipinski definition) is 2. The van der Waals surface area contributed by atoms with E-state index in [2.05, 4.69) is 10.6 Å². The topological polar surface area (TPSA) is 93.7 Å². The van der Waals surface area contributed by atoms with Gasteiger partial charge in [-0.15, -0.1) is 0 Å². The zero-order chi connectivity index (χ0) is 19.6. The van der Waals surface area contributed by atoms with Crippen molar-refractivity contribution in [2.45, 2.75) is 13.3 Å². The van der Waals surface area contributed by atoms with Crippen molar-refractivity contribution < 1.29 is 28.2 Å². The van der Waals surface area contributed by atoms with Crippen molar-refractivity contribution >= 4 is 29.2 Å². The number of esters is 1. The number of carbonyl (C=O) groups is 3. The van der Waals surface area contributed by atoms with E-state index in [1.807, 2.05) is 0 Å². The number of hydrogen-bond acceptors (Lipinski definition) is 5. The maximum Gasteiger partial charge on any atom is 0.309 e. The zero-order valence-corrected chi connectivity index (χ0v) is 14.7. The SMILES string of the molecule is CC(=O)Nc1ccc(NC(=O)COC(=O)CCOc2ccccc2F)cc1. The van der Waals surface area contributed by atoms with Crippen LogP contribution < -0.4 is 15.4 Å². The van der Waals surface area contributed by atoms with Crippen LogP contribution in [0.4, 0.5) is 15.8 Å². The zero-order valence-electron chi connectivity index (χ0n) is 14.7. The van der Waals surface area contributed by atoms with Gasteiger partial charge in [0.15, 0.2) is 18.2 Å². The maximum absolute atomic E-state index is 13.3.